The van der Waals surface area contributed by atoms with E-state index in [9.17, 15) is 14.7 Å². The van der Waals surface area contributed by atoms with E-state index in [1.807, 2.05) is 0 Å². The van der Waals surface area contributed by atoms with Gasteiger partial charge in [-0.25, -0.2) is 0 Å². The smallest absolute Gasteiger partial charge is 0.139 e. The second-order valence-electron chi connectivity index (χ2n) is 8.97. The second-order valence-corrected chi connectivity index (χ2v) is 8.97. The molecule has 122 valence electrons. The van der Waals surface area contributed by atoms with Crippen LogP contribution in [-0.2, 0) is 9.59 Å². The average Bonchev–Trinajstić information content (AvgIpc) is 2.75. The van der Waals surface area contributed by atoms with E-state index in [4.69, 9.17) is 0 Å². The van der Waals surface area contributed by atoms with Gasteiger partial charge in [0, 0.05) is 24.7 Å². The molecule has 3 heteroatoms. The molecule has 0 aromatic carbocycles. The van der Waals surface area contributed by atoms with Gasteiger partial charge < -0.3 is 5.11 Å². The number of hydrogen-bond acceptors (Lipinski definition) is 3. The largest absolute Gasteiger partial charge is 0.393 e. The molecule has 3 nitrogen and oxygen atoms in total. The van der Waals surface area contributed by atoms with Gasteiger partial charge in [-0.2, -0.15) is 0 Å². The molecule has 0 bridgehead atoms. The standard InChI is InChI=1S/C19H28O3/c1-18-8-7-12(20)9-11(18)3-4-13-14-5-6-16(22)19(14,2)10-15(21)17(13)18/h11,13-15,17,21H,3-10H2,1-2H3/t11?,13?,14?,15-,17?,18?,19?/m1/s1. The van der Waals surface area contributed by atoms with Crippen molar-refractivity contribution in [1.82, 2.24) is 0 Å². The summed E-state index contributed by atoms with van der Waals surface area (Å²) in [6.07, 6.45) is 6.55. The van der Waals surface area contributed by atoms with Gasteiger partial charge in [-0.3, -0.25) is 9.59 Å². The van der Waals surface area contributed by atoms with Crippen LogP contribution >= 0.6 is 0 Å². The Balaban J connectivity index is 1.70. The van der Waals surface area contributed by atoms with Crippen LogP contribution < -0.4 is 0 Å². The van der Waals surface area contributed by atoms with Crippen molar-refractivity contribution in [1.29, 1.82) is 0 Å². The topological polar surface area (TPSA) is 54.4 Å². The van der Waals surface area contributed by atoms with Crippen LogP contribution in [0.15, 0.2) is 0 Å². The molecule has 4 aliphatic carbocycles. The number of carbonyl (C=O) groups excluding carboxylic acids is 2. The van der Waals surface area contributed by atoms with Gasteiger partial charge in [-0.05, 0) is 61.2 Å². The van der Waals surface area contributed by atoms with Gasteiger partial charge >= 0.3 is 0 Å². The first-order valence-electron chi connectivity index (χ1n) is 9.09. The molecule has 4 saturated carbocycles. The van der Waals surface area contributed by atoms with Crippen LogP contribution in [-0.4, -0.2) is 22.8 Å². The molecule has 4 aliphatic rings. The van der Waals surface area contributed by atoms with Gasteiger partial charge in [-0.1, -0.05) is 13.8 Å². The van der Waals surface area contributed by atoms with Gasteiger partial charge in [-0.15, -0.1) is 0 Å². The molecule has 0 aliphatic heterocycles. The van der Waals surface area contributed by atoms with E-state index in [1.165, 1.54) is 0 Å². The molecular formula is C19H28O3. The number of aliphatic hydroxyl groups is 1. The molecule has 0 spiro atoms. The van der Waals surface area contributed by atoms with Crippen LogP contribution in [0.1, 0.15) is 65.2 Å². The van der Waals surface area contributed by atoms with E-state index in [-0.39, 0.29) is 16.9 Å². The SMILES string of the molecule is CC12C[C@@H](O)C3C(CCC4CC(=O)CCC43C)C1CCC2=O. The molecule has 0 saturated heterocycles. The molecule has 0 aromatic rings. The lowest BCUT2D eigenvalue weighted by molar-refractivity contribution is -0.171. The number of carbonyl (C=O) groups is 2. The van der Waals surface area contributed by atoms with Crippen molar-refractivity contribution in [3.8, 4) is 0 Å². The Labute approximate surface area is 132 Å². The Morgan fingerprint density at radius 2 is 1.86 bits per heavy atom. The minimum Gasteiger partial charge on any atom is -0.393 e. The highest BCUT2D eigenvalue weighted by Crippen LogP contribution is 2.65. The van der Waals surface area contributed by atoms with Crippen LogP contribution in [0.3, 0.4) is 0 Å². The van der Waals surface area contributed by atoms with Crippen LogP contribution in [0, 0.1) is 34.5 Å². The predicted octanol–water partition coefficient (Wildman–Crippen LogP) is 3.14. The summed E-state index contributed by atoms with van der Waals surface area (Å²) in [6, 6.07) is 0. The summed E-state index contributed by atoms with van der Waals surface area (Å²) >= 11 is 0. The quantitative estimate of drug-likeness (QED) is 0.748. The number of ketones is 2. The molecule has 0 heterocycles. The maximum absolute atomic E-state index is 12.4. The molecular weight excluding hydrogens is 276 g/mol. The van der Waals surface area contributed by atoms with E-state index in [0.29, 0.717) is 60.9 Å². The maximum Gasteiger partial charge on any atom is 0.139 e. The molecule has 4 fully saturated rings. The summed E-state index contributed by atoms with van der Waals surface area (Å²) in [5, 5.41) is 11.0. The number of Topliss-reactive ketones (excluding diaryl/α,β-unsaturated/α-hetero) is 2. The molecule has 1 N–H and O–H groups in total. The third-order valence-corrected chi connectivity index (χ3v) is 8.12. The Hall–Kier alpha value is -0.700. The molecule has 0 amide bonds. The lowest BCUT2D eigenvalue weighted by atomic mass is 9.44. The fraction of sp³-hybridized carbons (Fsp3) is 0.895. The summed E-state index contributed by atoms with van der Waals surface area (Å²) in [5.74, 6) is 2.47. The molecule has 7 atom stereocenters. The summed E-state index contributed by atoms with van der Waals surface area (Å²) < 4.78 is 0. The van der Waals surface area contributed by atoms with E-state index in [1.54, 1.807) is 0 Å². The average molecular weight is 304 g/mol. The van der Waals surface area contributed by atoms with Crippen LogP contribution in [0.25, 0.3) is 0 Å². The minimum absolute atomic E-state index is 0.100. The minimum atomic E-state index is -0.366. The first-order chi connectivity index (χ1) is 10.4. The van der Waals surface area contributed by atoms with Crippen molar-refractivity contribution in [2.75, 3.05) is 0 Å². The monoisotopic (exact) mass is 304 g/mol. The third kappa shape index (κ3) is 1.78. The Morgan fingerprint density at radius 1 is 1.09 bits per heavy atom. The normalized spacial score (nSPS) is 54.6. The summed E-state index contributed by atoms with van der Waals surface area (Å²) in [5.41, 5.74) is -0.183. The van der Waals surface area contributed by atoms with Gasteiger partial charge in [0.05, 0.1) is 6.10 Å². The highest BCUT2D eigenvalue weighted by atomic mass is 16.3. The molecule has 4 rings (SSSR count). The highest BCUT2D eigenvalue weighted by molar-refractivity contribution is 5.87. The zero-order chi connectivity index (χ0) is 15.7. The lowest BCUT2D eigenvalue weighted by Gasteiger charge is -2.60. The van der Waals surface area contributed by atoms with Crippen LogP contribution in [0.4, 0.5) is 0 Å². The summed E-state index contributed by atoms with van der Waals surface area (Å²) in [4.78, 5) is 24.3. The van der Waals surface area contributed by atoms with Gasteiger partial charge in [0.25, 0.3) is 0 Å². The molecule has 0 aromatic heterocycles. The third-order valence-electron chi connectivity index (χ3n) is 8.12. The Bertz CT molecular complexity index is 527. The van der Waals surface area contributed by atoms with Crippen molar-refractivity contribution in [3.63, 3.8) is 0 Å². The zero-order valence-electron chi connectivity index (χ0n) is 13.8. The second kappa shape index (κ2) is 4.66. The first-order valence-corrected chi connectivity index (χ1v) is 9.09. The molecule has 6 unspecified atom stereocenters. The molecule has 0 radical (unpaired) electrons. The summed E-state index contributed by atoms with van der Waals surface area (Å²) in [6.45, 7) is 4.43. The van der Waals surface area contributed by atoms with Gasteiger partial charge in [0.1, 0.15) is 11.6 Å². The highest BCUT2D eigenvalue weighted by Gasteiger charge is 2.63. The fourth-order valence-electron chi connectivity index (χ4n) is 6.94. The Kier molecular flexibility index (Phi) is 3.15. The number of fused-ring (bicyclic) bond motifs is 5. The van der Waals surface area contributed by atoms with E-state index >= 15 is 0 Å². The number of rotatable bonds is 0. The van der Waals surface area contributed by atoms with E-state index in [2.05, 4.69) is 13.8 Å². The van der Waals surface area contributed by atoms with Crippen molar-refractivity contribution in [2.45, 2.75) is 71.3 Å². The summed E-state index contributed by atoms with van der Waals surface area (Å²) in [7, 11) is 0. The van der Waals surface area contributed by atoms with Gasteiger partial charge in [0.2, 0.25) is 0 Å². The van der Waals surface area contributed by atoms with Crippen LogP contribution in [0.2, 0.25) is 0 Å². The maximum atomic E-state index is 12.4. The van der Waals surface area contributed by atoms with Crippen molar-refractivity contribution in [2.24, 2.45) is 34.5 Å². The number of aliphatic hydroxyl groups excluding tert-OH is 1. The van der Waals surface area contributed by atoms with Gasteiger partial charge in [0.15, 0.2) is 0 Å². The Morgan fingerprint density at radius 3 is 2.64 bits per heavy atom. The lowest BCUT2D eigenvalue weighted by Crippen LogP contribution is -2.58. The van der Waals surface area contributed by atoms with Crippen molar-refractivity contribution in [3.05, 3.63) is 0 Å². The molecule has 22 heavy (non-hydrogen) atoms. The van der Waals surface area contributed by atoms with E-state index in [0.717, 1.165) is 25.7 Å². The van der Waals surface area contributed by atoms with Crippen LogP contribution in [0.5, 0.6) is 0 Å². The van der Waals surface area contributed by atoms with Crippen molar-refractivity contribution >= 4 is 11.6 Å². The van der Waals surface area contributed by atoms with E-state index < -0.39 is 0 Å². The fourth-order valence-corrected chi connectivity index (χ4v) is 6.94. The van der Waals surface area contributed by atoms with Crippen molar-refractivity contribution < 1.29 is 14.7 Å². The first kappa shape index (κ1) is 14.9. The zero-order valence-corrected chi connectivity index (χ0v) is 13.8. The number of hydrogen-bond donors (Lipinski definition) is 1. The predicted molar refractivity (Wildman–Crippen MR) is 83.1 cm³/mol.